The summed E-state index contributed by atoms with van der Waals surface area (Å²) in [6, 6.07) is 9.79. The van der Waals surface area contributed by atoms with E-state index in [1.165, 1.54) is 0 Å². The lowest BCUT2D eigenvalue weighted by molar-refractivity contribution is -0.142. The number of carbonyl (C=O) groups excluding carboxylic acids is 1. The van der Waals surface area contributed by atoms with Crippen molar-refractivity contribution in [2.45, 2.75) is 37.9 Å². The van der Waals surface area contributed by atoms with E-state index in [0.717, 1.165) is 30.7 Å². The van der Waals surface area contributed by atoms with Crippen molar-refractivity contribution in [1.82, 2.24) is 5.32 Å². The van der Waals surface area contributed by atoms with Crippen LogP contribution in [-0.4, -0.2) is 36.5 Å². The molecule has 2 aliphatic heterocycles. The highest BCUT2D eigenvalue weighted by Gasteiger charge is 2.42. The number of oxime groups is 1. The molecule has 1 aromatic rings. The van der Waals surface area contributed by atoms with Crippen molar-refractivity contribution in [2.24, 2.45) is 5.16 Å². The first-order valence-electron chi connectivity index (χ1n) is 7.38. The third kappa shape index (κ3) is 3.08. The van der Waals surface area contributed by atoms with E-state index >= 15 is 0 Å². The fourth-order valence-corrected chi connectivity index (χ4v) is 2.65. The summed E-state index contributed by atoms with van der Waals surface area (Å²) >= 11 is 0. The number of benzene rings is 1. The van der Waals surface area contributed by atoms with Crippen LogP contribution in [0, 0.1) is 0 Å². The fourth-order valence-electron chi connectivity index (χ4n) is 2.65. The van der Waals surface area contributed by atoms with Crippen LogP contribution in [0.1, 0.15) is 31.7 Å². The highest BCUT2D eigenvalue weighted by molar-refractivity contribution is 6.05. The van der Waals surface area contributed by atoms with E-state index in [1.54, 1.807) is 6.92 Å². The summed E-state index contributed by atoms with van der Waals surface area (Å²) in [6.45, 7) is 3.10. The number of ether oxygens (including phenoxy) is 1. The van der Waals surface area contributed by atoms with Gasteiger partial charge in [-0.2, -0.15) is 0 Å². The number of rotatable bonds is 4. The summed E-state index contributed by atoms with van der Waals surface area (Å²) in [7, 11) is 0. The van der Waals surface area contributed by atoms with Crippen molar-refractivity contribution in [3.05, 3.63) is 35.9 Å². The van der Waals surface area contributed by atoms with Crippen LogP contribution in [0.4, 0.5) is 0 Å². The van der Waals surface area contributed by atoms with E-state index < -0.39 is 5.60 Å². The molecule has 5 heteroatoms. The highest BCUT2D eigenvalue weighted by atomic mass is 16.7. The van der Waals surface area contributed by atoms with Crippen molar-refractivity contribution >= 4 is 11.6 Å². The van der Waals surface area contributed by atoms with Gasteiger partial charge in [-0.15, -0.1) is 0 Å². The molecule has 1 amide bonds. The molecule has 0 radical (unpaired) electrons. The second-order valence-corrected chi connectivity index (χ2v) is 5.75. The van der Waals surface area contributed by atoms with Gasteiger partial charge in [0.05, 0.1) is 11.8 Å². The Morgan fingerprint density at radius 3 is 2.95 bits per heavy atom. The molecule has 21 heavy (non-hydrogen) atoms. The first kappa shape index (κ1) is 14.1. The molecule has 1 aromatic carbocycles. The summed E-state index contributed by atoms with van der Waals surface area (Å²) in [5, 5.41) is 7.00. The second-order valence-electron chi connectivity index (χ2n) is 5.75. The molecule has 0 saturated carbocycles. The Balaban J connectivity index is 1.57. The molecule has 0 aliphatic carbocycles. The van der Waals surface area contributed by atoms with Crippen molar-refractivity contribution < 1.29 is 14.4 Å². The van der Waals surface area contributed by atoms with E-state index in [0.29, 0.717) is 13.0 Å². The quantitative estimate of drug-likeness (QED) is 0.920. The van der Waals surface area contributed by atoms with Gasteiger partial charge in [0.1, 0.15) is 0 Å². The smallest absolute Gasteiger partial charge is 0.267 e. The minimum Gasteiger partial charge on any atom is -0.379 e. The summed E-state index contributed by atoms with van der Waals surface area (Å²) in [5.41, 5.74) is 0.877. The zero-order valence-electron chi connectivity index (χ0n) is 12.2. The molecular weight excluding hydrogens is 268 g/mol. The highest BCUT2D eigenvalue weighted by Crippen LogP contribution is 2.26. The third-order valence-corrected chi connectivity index (χ3v) is 3.96. The lowest BCUT2D eigenvalue weighted by Crippen LogP contribution is -2.46. The van der Waals surface area contributed by atoms with Crippen molar-refractivity contribution in [2.75, 3.05) is 13.2 Å². The molecule has 0 aromatic heterocycles. The SMILES string of the molecule is CC1(C(=O)NCC2CCCO2)CC(c2ccccc2)=NO1. The van der Waals surface area contributed by atoms with E-state index in [9.17, 15) is 4.79 Å². The molecule has 2 atom stereocenters. The van der Waals surface area contributed by atoms with Crippen LogP contribution < -0.4 is 5.32 Å². The van der Waals surface area contributed by atoms with Gasteiger partial charge in [-0.05, 0) is 25.3 Å². The molecule has 1 saturated heterocycles. The topological polar surface area (TPSA) is 59.9 Å². The van der Waals surface area contributed by atoms with Gasteiger partial charge in [0.25, 0.3) is 5.91 Å². The zero-order chi connectivity index (χ0) is 14.7. The maximum atomic E-state index is 12.3. The molecule has 2 heterocycles. The predicted octanol–water partition coefficient (Wildman–Crippen LogP) is 1.86. The number of nitrogens with one attached hydrogen (secondary N) is 1. The number of hydrogen-bond acceptors (Lipinski definition) is 4. The number of hydrogen-bond donors (Lipinski definition) is 1. The Kier molecular flexibility index (Phi) is 3.92. The minimum absolute atomic E-state index is 0.132. The molecule has 0 bridgehead atoms. The predicted molar refractivity (Wildman–Crippen MR) is 79.1 cm³/mol. The fraction of sp³-hybridized carbons (Fsp3) is 0.500. The molecular formula is C16H20N2O3. The van der Waals surface area contributed by atoms with Crippen molar-refractivity contribution in [3.8, 4) is 0 Å². The summed E-state index contributed by atoms with van der Waals surface area (Å²) in [4.78, 5) is 17.8. The van der Waals surface area contributed by atoms with Gasteiger partial charge >= 0.3 is 0 Å². The van der Waals surface area contributed by atoms with Crippen LogP contribution in [0.2, 0.25) is 0 Å². The Morgan fingerprint density at radius 1 is 1.43 bits per heavy atom. The van der Waals surface area contributed by atoms with Crippen molar-refractivity contribution in [3.63, 3.8) is 0 Å². The monoisotopic (exact) mass is 288 g/mol. The zero-order valence-corrected chi connectivity index (χ0v) is 12.2. The van der Waals surface area contributed by atoms with Crippen LogP contribution in [0.3, 0.4) is 0 Å². The lowest BCUT2D eigenvalue weighted by atomic mass is 9.95. The van der Waals surface area contributed by atoms with E-state index in [1.807, 2.05) is 30.3 Å². The van der Waals surface area contributed by atoms with E-state index in [4.69, 9.17) is 9.57 Å². The number of carbonyl (C=O) groups is 1. The minimum atomic E-state index is -0.927. The van der Waals surface area contributed by atoms with Crippen LogP contribution in [-0.2, 0) is 14.4 Å². The van der Waals surface area contributed by atoms with Crippen LogP contribution in [0.5, 0.6) is 0 Å². The summed E-state index contributed by atoms with van der Waals surface area (Å²) in [6.07, 6.45) is 2.68. The van der Waals surface area contributed by atoms with Gasteiger partial charge in [-0.1, -0.05) is 35.5 Å². The largest absolute Gasteiger partial charge is 0.379 e. The number of nitrogens with zero attached hydrogens (tertiary/aromatic N) is 1. The van der Waals surface area contributed by atoms with Gasteiger partial charge in [-0.3, -0.25) is 4.79 Å². The van der Waals surface area contributed by atoms with Crippen LogP contribution >= 0.6 is 0 Å². The van der Waals surface area contributed by atoms with Crippen molar-refractivity contribution in [1.29, 1.82) is 0 Å². The molecule has 5 nitrogen and oxygen atoms in total. The third-order valence-electron chi connectivity index (χ3n) is 3.96. The maximum Gasteiger partial charge on any atom is 0.267 e. The van der Waals surface area contributed by atoms with Gasteiger partial charge < -0.3 is 14.9 Å². The molecule has 2 aliphatic rings. The normalized spacial score (nSPS) is 28.0. The molecule has 112 valence electrons. The average Bonchev–Trinajstić information content (AvgIpc) is 3.16. The van der Waals surface area contributed by atoms with E-state index in [-0.39, 0.29) is 12.0 Å². The first-order valence-corrected chi connectivity index (χ1v) is 7.38. The Hall–Kier alpha value is -1.88. The summed E-state index contributed by atoms with van der Waals surface area (Å²) in [5.74, 6) is -0.132. The van der Waals surface area contributed by atoms with Crippen LogP contribution in [0.15, 0.2) is 35.5 Å². The van der Waals surface area contributed by atoms with Crippen LogP contribution in [0.25, 0.3) is 0 Å². The molecule has 0 spiro atoms. The second kappa shape index (κ2) is 5.85. The van der Waals surface area contributed by atoms with E-state index in [2.05, 4.69) is 10.5 Å². The molecule has 2 unspecified atom stereocenters. The lowest BCUT2D eigenvalue weighted by Gasteiger charge is -2.21. The molecule has 1 fully saturated rings. The molecule has 3 rings (SSSR count). The summed E-state index contributed by atoms with van der Waals surface area (Å²) < 4.78 is 5.51. The maximum absolute atomic E-state index is 12.3. The molecule has 1 N–H and O–H groups in total. The Bertz CT molecular complexity index is 538. The Morgan fingerprint density at radius 2 is 2.24 bits per heavy atom. The first-order chi connectivity index (χ1) is 10.2. The Labute approximate surface area is 124 Å². The van der Waals surface area contributed by atoms with Gasteiger partial charge in [0.2, 0.25) is 5.60 Å². The standard InChI is InChI=1S/C16H20N2O3/c1-16(15(19)17-11-13-8-5-9-20-13)10-14(18-21-16)12-6-3-2-4-7-12/h2-4,6-7,13H,5,8-11H2,1H3,(H,17,19). The number of amides is 1. The van der Waals surface area contributed by atoms with Gasteiger partial charge in [0, 0.05) is 19.6 Å². The average molecular weight is 288 g/mol. The van der Waals surface area contributed by atoms with Gasteiger partial charge in [0.15, 0.2) is 0 Å². The van der Waals surface area contributed by atoms with Gasteiger partial charge in [-0.25, -0.2) is 0 Å².